The molecule has 0 saturated carbocycles. The van der Waals surface area contributed by atoms with Crippen molar-refractivity contribution in [2.75, 3.05) is 38.5 Å². The Hall–Kier alpha value is -2.08. The molecule has 19 heavy (non-hydrogen) atoms. The highest BCUT2D eigenvalue weighted by atomic mass is 16.3. The molecular formula is C13H17N3O3. The van der Waals surface area contributed by atoms with E-state index >= 15 is 0 Å². The van der Waals surface area contributed by atoms with E-state index in [1.54, 1.807) is 18.2 Å². The van der Waals surface area contributed by atoms with Crippen molar-refractivity contribution in [1.29, 1.82) is 0 Å². The highest BCUT2D eigenvalue weighted by molar-refractivity contribution is 6.39. The number of likely N-dealkylation sites (N-methyl/N-ethyl adjacent to an activating group) is 1. The molecule has 0 unspecified atom stereocenters. The van der Waals surface area contributed by atoms with Gasteiger partial charge in [-0.15, -0.1) is 0 Å². The van der Waals surface area contributed by atoms with Crippen LogP contribution in [0.25, 0.3) is 0 Å². The number of para-hydroxylation sites is 2. The Morgan fingerprint density at radius 3 is 2.42 bits per heavy atom. The second-order valence-electron chi connectivity index (χ2n) is 4.57. The Morgan fingerprint density at radius 1 is 1.16 bits per heavy atom. The highest BCUT2D eigenvalue weighted by Crippen LogP contribution is 2.21. The molecule has 1 aliphatic rings. The van der Waals surface area contributed by atoms with Gasteiger partial charge in [-0.25, -0.2) is 0 Å². The largest absolute Gasteiger partial charge is 0.506 e. The maximum absolute atomic E-state index is 11.9. The summed E-state index contributed by atoms with van der Waals surface area (Å²) in [6.07, 6.45) is 0. The van der Waals surface area contributed by atoms with Gasteiger partial charge in [0.15, 0.2) is 0 Å². The Labute approximate surface area is 111 Å². The van der Waals surface area contributed by atoms with Crippen molar-refractivity contribution >= 4 is 17.5 Å². The fourth-order valence-corrected chi connectivity index (χ4v) is 1.91. The van der Waals surface area contributed by atoms with Crippen molar-refractivity contribution in [3.05, 3.63) is 24.3 Å². The second-order valence-corrected chi connectivity index (χ2v) is 4.57. The first kappa shape index (κ1) is 13.4. The van der Waals surface area contributed by atoms with Crippen LogP contribution in [0.4, 0.5) is 5.69 Å². The number of piperazine rings is 1. The molecule has 102 valence electrons. The van der Waals surface area contributed by atoms with Crippen molar-refractivity contribution in [3.63, 3.8) is 0 Å². The van der Waals surface area contributed by atoms with E-state index in [1.807, 2.05) is 7.05 Å². The molecule has 1 aromatic carbocycles. The molecule has 6 nitrogen and oxygen atoms in total. The van der Waals surface area contributed by atoms with E-state index in [0.717, 1.165) is 13.1 Å². The lowest BCUT2D eigenvalue weighted by Gasteiger charge is -2.31. The molecule has 0 spiro atoms. The Balaban J connectivity index is 1.96. The second kappa shape index (κ2) is 5.71. The Kier molecular flexibility index (Phi) is 4.01. The van der Waals surface area contributed by atoms with Gasteiger partial charge in [-0.2, -0.15) is 0 Å². The van der Waals surface area contributed by atoms with Gasteiger partial charge in [0.25, 0.3) is 0 Å². The summed E-state index contributed by atoms with van der Waals surface area (Å²) in [6, 6.07) is 6.32. The molecule has 1 aromatic rings. The number of aromatic hydroxyl groups is 1. The molecule has 0 atom stereocenters. The lowest BCUT2D eigenvalue weighted by Crippen LogP contribution is -2.50. The first-order chi connectivity index (χ1) is 9.08. The van der Waals surface area contributed by atoms with Gasteiger partial charge in [0.05, 0.1) is 5.69 Å². The van der Waals surface area contributed by atoms with Crippen LogP contribution in [0.1, 0.15) is 0 Å². The third-order valence-electron chi connectivity index (χ3n) is 3.14. The lowest BCUT2D eigenvalue weighted by molar-refractivity contribution is -0.144. The summed E-state index contributed by atoms with van der Waals surface area (Å²) in [5.74, 6) is -1.33. The van der Waals surface area contributed by atoms with Crippen LogP contribution < -0.4 is 5.32 Å². The van der Waals surface area contributed by atoms with Crippen molar-refractivity contribution < 1.29 is 14.7 Å². The predicted molar refractivity (Wildman–Crippen MR) is 70.8 cm³/mol. The molecule has 1 fully saturated rings. The topological polar surface area (TPSA) is 72.9 Å². The number of phenols is 1. The van der Waals surface area contributed by atoms with Crippen LogP contribution in [-0.4, -0.2) is 59.9 Å². The number of amides is 2. The minimum atomic E-state index is -0.717. The highest BCUT2D eigenvalue weighted by Gasteiger charge is 2.25. The molecular weight excluding hydrogens is 246 g/mol. The van der Waals surface area contributed by atoms with Crippen molar-refractivity contribution in [3.8, 4) is 5.75 Å². The van der Waals surface area contributed by atoms with Crippen LogP contribution in [-0.2, 0) is 9.59 Å². The number of hydrogen-bond acceptors (Lipinski definition) is 4. The van der Waals surface area contributed by atoms with Crippen molar-refractivity contribution in [2.45, 2.75) is 0 Å². The van der Waals surface area contributed by atoms with E-state index < -0.39 is 11.8 Å². The summed E-state index contributed by atoms with van der Waals surface area (Å²) in [5, 5.41) is 12.0. The number of nitrogens with zero attached hydrogens (tertiary/aromatic N) is 2. The smallest absolute Gasteiger partial charge is 0.314 e. The molecule has 2 amide bonds. The number of benzene rings is 1. The summed E-state index contributed by atoms with van der Waals surface area (Å²) in [7, 11) is 1.98. The van der Waals surface area contributed by atoms with Crippen LogP contribution >= 0.6 is 0 Å². The van der Waals surface area contributed by atoms with E-state index in [2.05, 4.69) is 10.2 Å². The zero-order chi connectivity index (χ0) is 13.8. The molecule has 1 saturated heterocycles. The van der Waals surface area contributed by atoms with Gasteiger partial charge in [0.2, 0.25) is 0 Å². The van der Waals surface area contributed by atoms with E-state index in [4.69, 9.17) is 0 Å². The number of carbonyl (C=O) groups is 2. The average molecular weight is 263 g/mol. The number of rotatable bonds is 1. The molecule has 1 heterocycles. The SMILES string of the molecule is CN1CCN(C(=O)C(=O)Nc2ccccc2O)CC1. The number of carbonyl (C=O) groups excluding carboxylic acids is 2. The van der Waals surface area contributed by atoms with Gasteiger partial charge in [-0.1, -0.05) is 12.1 Å². The van der Waals surface area contributed by atoms with Gasteiger partial charge < -0.3 is 20.2 Å². The molecule has 0 radical (unpaired) electrons. The average Bonchev–Trinajstić information content (AvgIpc) is 2.41. The molecule has 1 aliphatic heterocycles. The maximum atomic E-state index is 11.9. The van der Waals surface area contributed by atoms with Gasteiger partial charge in [0.1, 0.15) is 5.75 Å². The third-order valence-corrected chi connectivity index (χ3v) is 3.14. The van der Waals surface area contributed by atoms with E-state index in [9.17, 15) is 14.7 Å². The number of hydrogen-bond donors (Lipinski definition) is 2. The third kappa shape index (κ3) is 3.23. The molecule has 0 aliphatic carbocycles. The number of nitrogens with one attached hydrogen (secondary N) is 1. The monoisotopic (exact) mass is 263 g/mol. The van der Waals surface area contributed by atoms with Crippen molar-refractivity contribution in [1.82, 2.24) is 9.80 Å². The predicted octanol–water partition coefficient (Wildman–Crippen LogP) is 0.105. The normalized spacial score (nSPS) is 16.2. The van der Waals surface area contributed by atoms with Gasteiger partial charge in [-0.05, 0) is 19.2 Å². The maximum Gasteiger partial charge on any atom is 0.314 e. The van der Waals surface area contributed by atoms with Gasteiger partial charge in [0, 0.05) is 26.2 Å². The van der Waals surface area contributed by atoms with Crippen LogP contribution in [0.3, 0.4) is 0 Å². The van der Waals surface area contributed by atoms with Gasteiger partial charge >= 0.3 is 11.8 Å². The van der Waals surface area contributed by atoms with E-state index in [0.29, 0.717) is 13.1 Å². The summed E-state index contributed by atoms with van der Waals surface area (Å²) in [4.78, 5) is 27.4. The Bertz CT molecular complexity index is 482. The minimum absolute atomic E-state index is 0.0537. The minimum Gasteiger partial charge on any atom is -0.506 e. The molecule has 0 bridgehead atoms. The standard InChI is InChI=1S/C13H17N3O3/c1-15-6-8-16(9-7-15)13(19)12(18)14-10-4-2-3-5-11(10)17/h2-5,17H,6-9H2,1H3,(H,14,18). The summed E-state index contributed by atoms with van der Waals surface area (Å²) in [6.45, 7) is 2.61. The quantitative estimate of drug-likeness (QED) is 0.557. The van der Waals surface area contributed by atoms with Crippen LogP contribution in [0, 0.1) is 0 Å². The lowest BCUT2D eigenvalue weighted by atomic mass is 10.2. The van der Waals surface area contributed by atoms with E-state index in [-0.39, 0.29) is 11.4 Å². The van der Waals surface area contributed by atoms with Crippen LogP contribution in [0.15, 0.2) is 24.3 Å². The first-order valence-electron chi connectivity index (χ1n) is 6.14. The van der Waals surface area contributed by atoms with Crippen molar-refractivity contribution in [2.24, 2.45) is 0 Å². The van der Waals surface area contributed by atoms with Crippen LogP contribution in [0.5, 0.6) is 5.75 Å². The summed E-state index contributed by atoms with van der Waals surface area (Å²) < 4.78 is 0. The fraction of sp³-hybridized carbons (Fsp3) is 0.385. The zero-order valence-corrected chi connectivity index (χ0v) is 10.8. The summed E-state index contributed by atoms with van der Waals surface area (Å²) >= 11 is 0. The molecule has 0 aromatic heterocycles. The van der Waals surface area contributed by atoms with Crippen LogP contribution in [0.2, 0.25) is 0 Å². The first-order valence-corrected chi connectivity index (χ1v) is 6.14. The molecule has 6 heteroatoms. The number of anilines is 1. The zero-order valence-electron chi connectivity index (χ0n) is 10.8. The Morgan fingerprint density at radius 2 is 1.79 bits per heavy atom. The molecule has 2 N–H and O–H groups in total. The summed E-state index contributed by atoms with van der Waals surface area (Å²) in [5.41, 5.74) is 0.245. The van der Waals surface area contributed by atoms with E-state index in [1.165, 1.54) is 11.0 Å². The fourth-order valence-electron chi connectivity index (χ4n) is 1.91. The van der Waals surface area contributed by atoms with Gasteiger partial charge in [-0.3, -0.25) is 9.59 Å². The molecule has 2 rings (SSSR count). The number of phenolic OH excluding ortho intramolecular Hbond substituents is 1.